The molecule has 0 amide bonds. The minimum absolute atomic E-state index is 0.390. The van der Waals surface area contributed by atoms with Gasteiger partial charge in [0.2, 0.25) is 0 Å². The van der Waals surface area contributed by atoms with Gasteiger partial charge in [-0.2, -0.15) is 0 Å². The van der Waals surface area contributed by atoms with Crippen molar-refractivity contribution in [3.05, 3.63) is 0 Å². The number of hydrogen-bond donors (Lipinski definition) is 1. The highest BCUT2D eigenvalue weighted by molar-refractivity contribution is 7.85. The minimum atomic E-state index is -0.560. The van der Waals surface area contributed by atoms with Crippen molar-refractivity contribution in [1.82, 2.24) is 5.32 Å². The molecule has 0 aromatic carbocycles. The average molecular weight is 199 g/mol. The largest absolute Gasteiger partial charge is 0.310 e. The standard InChI is InChI=1S/C10H17NOS/c1-3-4-9(2)11-10-5-7-13(12)8-6-10/h1,9-11H,4-8H2,2H3. The fourth-order valence-electron chi connectivity index (χ4n) is 1.60. The molecule has 1 aliphatic rings. The molecule has 0 spiro atoms. The summed E-state index contributed by atoms with van der Waals surface area (Å²) < 4.78 is 11.1. The molecule has 74 valence electrons. The number of hydrogen-bond acceptors (Lipinski definition) is 2. The van der Waals surface area contributed by atoms with Gasteiger partial charge in [-0.1, -0.05) is 0 Å². The molecule has 0 aromatic heterocycles. The second kappa shape index (κ2) is 5.41. The summed E-state index contributed by atoms with van der Waals surface area (Å²) >= 11 is 0. The van der Waals surface area contributed by atoms with E-state index >= 15 is 0 Å². The predicted molar refractivity (Wildman–Crippen MR) is 56.9 cm³/mol. The summed E-state index contributed by atoms with van der Waals surface area (Å²) in [5.41, 5.74) is 0. The fourth-order valence-corrected chi connectivity index (χ4v) is 2.90. The normalized spacial score (nSPS) is 30.8. The number of nitrogens with one attached hydrogen (secondary N) is 1. The van der Waals surface area contributed by atoms with E-state index in [1.165, 1.54) is 0 Å². The zero-order valence-electron chi connectivity index (χ0n) is 8.08. The highest BCUT2D eigenvalue weighted by atomic mass is 32.2. The summed E-state index contributed by atoms with van der Waals surface area (Å²) in [5, 5.41) is 3.46. The van der Waals surface area contributed by atoms with Gasteiger partial charge >= 0.3 is 0 Å². The van der Waals surface area contributed by atoms with Gasteiger partial charge in [0.25, 0.3) is 0 Å². The molecule has 1 fully saturated rings. The Morgan fingerprint density at radius 1 is 1.62 bits per heavy atom. The lowest BCUT2D eigenvalue weighted by Gasteiger charge is -2.25. The van der Waals surface area contributed by atoms with Gasteiger partial charge in [0.05, 0.1) is 0 Å². The van der Waals surface area contributed by atoms with Crippen LogP contribution >= 0.6 is 0 Å². The molecule has 13 heavy (non-hydrogen) atoms. The Labute approximate surface area is 82.9 Å². The molecule has 1 aliphatic heterocycles. The van der Waals surface area contributed by atoms with E-state index in [-0.39, 0.29) is 0 Å². The molecular formula is C10H17NOS. The second-order valence-corrected chi connectivity index (χ2v) is 5.29. The summed E-state index contributed by atoms with van der Waals surface area (Å²) in [4.78, 5) is 0. The van der Waals surface area contributed by atoms with Gasteiger partial charge in [0.15, 0.2) is 0 Å². The number of rotatable bonds is 3. The van der Waals surface area contributed by atoms with E-state index in [9.17, 15) is 4.21 Å². The molecule has 0 aromatic rings. The third kappa shape index (κ3) is 3.93. The molecule has 0 aliphatic carbocycles. The fraction of sp³-hybridized carbons (Fsp3) is 0.800. The lowest BCUT2D eigenvalue weighted by molar-refractivity contribution is 0.423. The third-order valence-electron chi connectivity index (χ3n) is 2.33. The van der Waals surface area contributed by atoms with Crippen molar-refractivity contribution in [3.8, 4) is 12.3 Å². The summed E-state index contributed by atoms with van der Waals surface area (Å²) in [7, 11) is -0.560. The molecule has 1 atom stereocenters. The zero-order chi connectivity index (χ0) is 9.68. The van der Waals surface area contributed by atoms with Crippen LogP contribution in [-0.4, -0.2) is 27.8 Å². The van der Waals surface area contributed by atoms with Gasteiger partial charge in [0.1, 0.15) is 0 Å². The lowest BCUT2D eigenvalue weighted by Crippen LogP contribution is -2.40. The van der Waals surface area contributed by atoms with Crippen LogP contribution in [0.5, 0.6) is 0 Å². The molecule has 1 saturated heterocycles. The first kappa shape index (κ1) is 10.7. The van der Waals surface area contributed by atoms with Gasteiger partial charge in [-0.3, -0.25) is 4.21 Å². The van der Waals surface area contributed by atoms with Crippen LogP contribution in [-0.2, 0) is 10.8 Å². The summed E-state index contributed by atoms with van der Waals surface area (Å²) in [5.74, 6) is 4.34. The van der Waals surface area contributed by atoms with Crippen molar-refractivity contribution in [2.75, 3.05) is 11.5 Å². The molecule has 0 radical (unpaired) electrons. The van der Waals surface area contributed by atoms with Crippen LogP contribution in [0.15, 0.2) is 0 Å². The van der Waals surface area contributed by atoms with Crippen molar-refractivity contribution >= 4 is 10.8 Å². The van der Waals surface area contributed by atoms with Gasteiger partial charge < -0.3 is 5.32 Å². The second-order valence-electron chi connectivity index (χ2n) is 3.60. The first-order valence-corrected chi connectivity index (χ1v) is 6.25. The Bertz CT molecular complexity index is 211. The van der Waals surface area contributed by atoms with E-state index < -0.39 is 10.8 Å². The molecule has 0 saturated carbocycles. The van der Waals surface area contributed by atoms with Crippen LogP contribution in [0.3, 0.4) is 0 Å². The topological polar surface area (TPSA) is 29.1 Å². The maximum absolute atomic E-state index is 11.1. The van der Waals surface area contributed by atoms with Crippen LogP contribution in [0.25, 0.3) is 0 Å². The number of terminal acetylenes is 1. The summed E-state index contributed by atoms with van der Waals surface area (Å²) in [6, 6.07) is 0.919. The summed E-state index contributed by atoms with van der Waals surface area (Å²) in [6.45, 7) is 2.10. The molecule has 1 unspecified atom stereocenters. The maximum atomic E-state index is 11.1. The average Bonchev–Trinajstić information content (AvgIpc) is 2.09. The van der Waals surface area contributed by atoms with E-state index in [1.807, 2.05) is 0 Å². The Balaban J connectivity index is 2.22. The molecule has 1 N–H and O–H groups in total. The molecule has 1 heterocycles. The smallest absolute Gasteiger partial charge is 0.0249 e. The monoisotopic (exact) mass is 199 g/mol. The quantitative estimate of drug-likeness (QED) is 0.684. The van der Waals surface area contributed by atoms with Gasteiger partial charge in [-0.05, 0) is 19.8 Å². The zero-order valence-corrected chi connectivity index (χ0v) is 8.90. The predicted octanol–water partition coefficient (Wildman–Crippen LogP) is 0.899. The van der Waals surface area contributed by atoms with Crippen LogP contribution in [0, 0.1) is 12.3 Å². The maximum Gasteiger partial charge on any atom is 0.0249 e. The van der Waals surface area contributed by atoms with E-state index in [0.717, 1.165) is 30.8 Å². The van der Waals surface area contributed by atoms with Crippen molar-refractivity contribution in [2.45, 2.75) is 38.3 Å². The SMILES string of the molecule is C#CCC(C)NC1CCS(=O)CC1. The first-order valence-electron chi connectivity index (χ1n) is 4.77. The molecule has 3 heteroatoms. The highest BCUT2D eigenvalue weighted by Crippen LogP contribution is 2.10. The van der Waals surface area contributed by atoms with E-state index in [1.54, 1.807) is 0 Å². The van der Waals surface area contributed by atoms with Gasteiger partial charge in [-0.25, -0.2) is 0 Å². The Hall–Kier alpha value is -0.330. The van der Waals surface area contributed by atoms with Crippen LogP contribution in [0.1, 0.15) is 26.2 Å². The van der Waals surface area contributed by atoms with E-state index in [4.69, 9.17) is 6.42 Å². The molecule has 0 bridgehead atoms. The summed E-state index contributed by atoms with van der Waals surface area (Å²) in [6.07, 6.45) is 8.05. The Morgan fingerprint density at radius 3 is 2.77 bits per heavy atom. The van der Waals surface area contributed by atoms with Crippen molar-refractivity contribution < 1.29 is 4.21 Å². The van der Waals surface area contributed by atoms with Gasteiger partial charge in [0, 0.05) is 40.8 Å². The lowest BCUT2D eigenvalue weighted by atomic mass is 10.1. The van der Waals surface area contributed by atoms with Crippen LogP contribution in [0.2, 0.25) is 0 Å². The molecule has 2 nitrogen and oxygen atoms in total. The van der Waals surface area contributed by atoms with E-state index in [0.29, 0.717) is 12.1 Å². The Morgan fingerprint density at radius 2 is 2.23 bits per heavy atom. The molecular weight excluding hydrogens is 182 g/mol. The Kier molecular flexibility index (Phi) is 4.47. The third-order valence-corrected chi connectivity index (χ3v) is 3.71. The highest BCUT2D eigenvalue weighted by Gasteiger charge is 2.18. The minimum Gasteiger partial charge on any atom is -0.310 e. The van der Waals surface area contributed by atoms with Crippen molar-refractivity contribution in [2.24, 2.45) is 0 Å². The molecule has 1 rings (SSSR count). The van der Waals surface area contributed by atoms with Crippen molar-refractivity contribution in [1.29, 1.82) is 0 Å². The van der Waals surface area contributed by atoms with Crippen molar-refractivity contribution in [3.63, 3.8) is 0 Å². The first-order chi connectivity index (χ1) is 6.22. The van der Waals surface area contributed by atoms with Crippen LogP contribution in [0.4, 0.5) is 0 Å². The van der Waals surface area contributed by atoms with Crippen LogP contribution < -0.4 is 5.32 Å². The van der Waals surface area contributed by atoms with E-state index in [2.05, 4.69) is 18.2 Å². The van der Waals surface area contributed by atoms with Gasteiger partial charge in [-0.15, -0.1) is 12.3 Å².